The summed E-state index contributed by atoms with van der Waals surface area (Å²) in [5.74, 6) is 0.624. The molecule has 1 aromatic carbocycles. The number of hydrogen-bond donors (Lipinski definition) is 0. The largest absolute Gasteiger partial charge is 0.494 e. The second-order valence-corrected chi connectivity index (χ2v) is 6.28. The number of methoxy groups -OCH3 is 1. The number of nitrogens with zero attached hydrogens (tertiary/aromatic N) is 3. The van der Waals surface area contributed by atoms with Crippen LogP contribution in [0.5, 0.6) is 5.75 Å². The van der Waals surface area contributed by atoms with Crippen LogP contribution in [0.3, 0.4) is 0 Å². The fourth-order valence-electron chi connectivity index (χ4n) is 1.91. The molecule has 2 aromatic rings. The zero-order valence-corrected chi connectivity index (χ0v) is 14.1. The first-order chi connectivity index (χ1) is 9.93. The molecule has 0 N–H and O–H groups in total. The van der Waals surface area contributed by atoms with Crippen LogP contribution in [0.15, 0.2) is 12.1 Å². The van der Waals surface area contributed by atoms with Crippen molar-refractivity contribution < 1.29 is 9.53 Å². The zero-order valence-electron chi connectivity index (χ0n) is 12.5. The molecule has 0 atom stereocenters. The standard InChI is InChI=1S/C14H18ClN3O2S/c1-9(19)18(8-7-17(2)3)14-16-12-11(20-4)6-5-10(15)13(12)21-14/h5-6H,7-8H2,1-4H3. The molecule has 114 valence electrons. The number of thiazole rings is 1. The minimum atomic E-state index is -0.0361. The number of carbonyl (C=O) groups excluding carboxylic acids is 1. The van der Waals surface area contributed by atoms with Gasteiger partial charge in [-0.05, 0) is 26.2 Å². The highest BCUT2D eigenvalue weighted by Crippen LogP contribution is 2.38. The third-order valence-corrected chi connectivity index (χ3v) is 4.59. The zero-order chi connectivity index (χ0) is 15.6. The Morgan fingerprint density at radius 3 is 2.67 bits per heavy atom. The van der Waals surface area contributed by atoms with Crippen LogP contribution in [0.2, 0.25) is 5.02 Å². The molecule has 0 aliphatic carbocycles. The first-order valence-corrected chi connectivity index (χ1v) is 7.69. The van der Waals surface area contributed by atoms with Crippen molar-refractivity contribution in [2.24, 2.45) is 0 Å². The summed E-state index contributed by atoms with van der Waals surface area (Å²) >= 11 is 7.62. The molecule has 1 aromatic heterocycles. The number of carbonyl (C=O) groups is 1. The van der Waals surface area contributed by atoms with E-state index in [1.807, 2.05) is 19.0 Å². The van der Waals surface area contributed by atoms with E-state index >= 15 is 0 Å². The van der Waals surface area contributed by atoms with Gasteiger partial charge in [0.05, 0.1) is 16.8 Å². The van der Waals surface area contributed by atoms with Gasteiger partial charge in [-0.15, -0.1) is 0 Å². The highest BCUT2D eigenvalue weighted by atomic mass is 35.5. The van der Waals surface area contributed by atoms with E-state index in [1.165, 1.54) is 11.3 Å². The number of benzene rings is 1. The molecule has 21 heavy (non-hydrogen) atoms. The minimum Gasteiger partial charge on any atom is -0.494 e. The maximum absolute atomic E-state index is 11.9. The monoisotopic (exact) mass is 327 g/mol. The Morgan fingerprint density at radius 1 is 1.38 bits per heavy atom. The summed E-state index contributed by atoms with van der Waals surface area (Å²) in [5.41, 5.74) is 0.695. The summed E-state index contributed by atoms with van der Waals surface area (Å²) in [7, 11) is 5.53. The van der Waals surface area contributed by atoms with Crippen molar-refractivity contribution in [2.45, 2.75) is 6.92 Å². The first kappa shape index (κ1) is 16.0. The van der Waals surface area contributed by atoms with E-state index < -0.39 is 0 Å². The van der Waals surface area contributed by atoms with Gasteiger partial charge in [0.25, 0.3) is 0 Å². The van der Waals surface area contributed by atoms with E-state index in [-0.39, 0.29) is 5.91 Å². The van der Waals surface area contributed by atoms with Gasteiger partial charge in [-0.3, -0.25) is 9.69 Å². The van der Waals surface area contributed by atoms with Crippen molar-refractivity contribution in [1.29, 1.82) is 0 Å². The predicted molar refractivity (Wildman–Crippen MR) is 87.8 cm³/mol. The molecule has 0 saturated carbocycles. The Kier molecular flexibility index (Phi) is 5.03. The molecule has 1 amide bonds. The number of rotatable bonds is 5. The van der Waals surface area contributed by atoms with Crippen LogP contribution in [0, 0.1) is 0 Å². The van der Waals surface area contributed by atoms with E-state index in [0.717, 1.165) is 11.2 Å². The Morgan fingerprint density at radius 2 is 2.10 bits per heavy atom. The van der Waals surface area contributed by atoms with Gasteiger partial charge in [-0.2, -0.15) is 0 Å². The number of amides is 1. The maximum atomic E-state index is 11.9. The van der Waals surface area contributed by atoms with Crippen molar-refractivity contribution in [3.63, 3.8) is 0 Å². The number of anilines is 1. The molecule has 0 aliphatic rings. The average molecular weight is 328 g/mol. The normalized spacial score (nSPS) is 11.1. The summed E-state index contributed by atoms with van der Waals surface area (Å²) in [4.78, 5) is 20.1. The van der Waals surface area contributed by atoms with Gasteiger partial charge < -0.3 is 9.64 Å². The molecule has 5 nitrogen and oxygen atoms in total. The lowest BCUT2D eigenvalue weighted by Crippen LogP contribution is -2.35. The van der Waals surface area contributed by atoms with Crippen molar-refractivity contribution in [3.05, 3.63) is 17.2 Å². The Hall–Kier alpha value is -1.37. The quantitative estimate of drug-likeness (QED) is 0.847. The number of fused-ring (bicyclic) bond motifs is 1. The third kappa shape index (κ3) is 3.45. The van der Waals surface area contributed by atoms with Gasteiger partial charge in [0.15, 0.2) is 5.13 Å². The van der Waals surface area contributed by atoms with Gasteiger partial charge in [0.2, 0.25) is 5.91 Å². The second-order valence-electron chi connectivity index (χ2n) is 4.90. The molecule has 0 saturated heterocycles. The summed E-state index contributed by atoms with van der Waals surface area (Å²) in [6.07, 6.45) is 0. The van der Waals surface area contributed by atoms with E-state index in [0.29, 0.717) is 28.0 Å². The van der Waals surface area contributed by atoms with Crippen molar-refractivity contribution in [1.82, 2.24) is 9.88 Å². The number of ether oxygens (including phenoxy) is 1. The van der Waals surface area contributed by atoms with Crippen LogP contribution in [0.4, 0.5) is 5.13 Å². The fraction of sp³-hybridized carbons (Fsp3) is 0.429. The molecular formula is C14H18ClN3O2S. The van der Waals surface area contributed by atoms with Crippen LogP contribution in [-0.4, -0.2) is 50.1 Å². The van der Waals surface area contributed by atoms with E-state index in [4.69, 9.17) is 16.3 Å². The van der Waals surface area contributed by atoms with E-state index in [1.54, 1.807) is 31.1 Å². The average Bonchev–Trinajstić information content (AvgIpc) is 2.84. The molecule has 0 unspecified atom stereocenters. The van der Waals surface area contributed by atoms with Crippen LogP contribution >= 0.6 is 22.9 Å². The van der Waals surface area contributed by atoms with Gasteiger partial charge in [0.1, 0.15) is 11.3 Å². The van der Waals surface area contributed by atoms with Gasteiger partial charge in [-0.25, -0.2) is 4.98 Å². The van der Waals surface area contributed by atoms with E-state index in [2.05, 4.69) is 4.98 Å². The predicted octanol–water partition coefficient (Wildman–Crippen LogP) is 2.87. The number of aromatic nitrogens is 1. The molecule has 0 radical (unpaired) electrons. The molecule has 7 heteroatoms. The first-order valence-electron chi connectivity index (χ1n) is 6.50. The summed E-state index contributed by atoms with van der Waals surface area (Å²) in [5, 5.41) is 1.26. The van der Waals surface area contributed by atoms with Crippen LogP contribution in [-0.2, 0) is 4.79 Å². The molecule has 0 spiro atoms. The smallest absolute Gasteiger partial charge is 0.225 e. The molecule has 0 bridgehead atoms. The van der Waals surface area contributed by atoms with Gasteiger partial charge >= 0.3 is 0 Å². The minimum absolute atomic E-state index is 0.0361. The molecule has 0 fully saturated rings. The van der Waals surface area contributed by atoms with Crippen molar-refractivity contribution in [2.75, 3.05) is 39.2 Å². The van der Waals surface area contributed by atoms with Crippen LogP contribution in [0.1, 0.15) is 6.92 Å². The summed E-state index contributed by atoms with van der Waals surface area (Å²) < 4.78 is 6.14. The van der Waals surface area contributed by atoms with Crippen molar-refractivity contribution >= 4 is 44.2 Å². The number of halogens is 1. The third-order valence-electron chi connectivity index (χ3n) is 3.05. The lowest BCUT2D eigenvalue weighted by Gasteiger charge is -2.20. The number of hydrogen-bond acceptors (Lipinski definition) is 5. The van der Waals surface area contributed by atoms with Gasteiger partial charge in [0, 0.05) is 20.0 Å². The lowest BCUT2D eigenvalue weighted by molar-refractivity contribution is -0.116. The van der Waals surface area contributed by atoms with Crippen LogP contribution in [0.25, 0.3) is 10.2 Å². The fourth-order valence-corrected chi connectivity index (χ4v) is 3.24. The highest BCUT2D eigenvalue weighted by molar-refractivity contribution is 7.23. The molecule has 0 aliphatic heterocycles. The topological polar surface area (TPSA) is 45.7 Å². The molecule has 2 rings (SSSR count). The van der Waals surface area contributed by atoms with Crippen LogP contribution < -0.4 is 9.64 Å². The lowest BCUT2D eigenvalue weighted by atomic mass is 10.3. The Labute approximate surface area is 133 Å². The summed E-state index contributed by atoms with van der Waals surface area (Å²) in [6, 6.07) is 3.56. The molecule has 1 heterocycles. The maximum Gasteiger partial charge on any atom is 0.225 e. The van der Waals surface area contributed by atoms with Crippen molar-refractivity contribution in [3.8, 4) is 5.75 Å². The van der Waals surface area contributed by atoms with Gasteiger partial charge in [-0.1, -0.05) is 22.9 Å². The second kappa shape index (κ2) is 6.60. The highest BCUT2D eigenvalue weighted by Gasteiger charge is 2.19. The van der Waals surface area contributed by atoms with E-state index in [9.17, 15) is 4.79 Å². The Bertz CT molecular complexity index is 657. The Balaban J connectivity index is 2.44. The molecular weight excluding hydrogens is 310 g/mol. The number of likely N-dealkylation sites (N-methyl/N-ethyl adjacent to an activating group) is 1. The SMILES string of the molecule is COc1ccc(Cl)c2sc(N(CCN(C)C)C(C)=O)nc12. The summed E-state index contributed by atoms with van der Waals surface area (Å²) in [6.45, 7) is 2.89.